The van der Waals surface area contributed by atoms with Gasteiger partial charge in [0.2, 0.25) is 0 Å². The number of halogens is 1. The number of hydrogen-bond donors (Lipinski definition) is 1. The zero-order valence-electron chi connectivity index (χ0n) is 13.7. The molecular formula is C17H27FN2O. The first kappa shape index (κ1) is 16.2. The van der Waals surface area contributed by atoms with Crippen LogP contribution in [0.5, 0.6) is 0 Å². The average molecular weight is 294 g/mol. The summed E-state index contributed by atoms with van der Waals surface area (Å²) in [6.07, 6.45) is 0.269. The van der Waals surface area contributed by atoms with Gasteiger partial charge in [0.05, 0.1) is 17.9 Å². The van der Waals surface area contributed by atoms with Gasteiger partial charge in [0.15, 0.2) is 0 Å². The Bertz CT molecular complexity index is 474. The Labute approximate surface area is 127 Å². The van der Waals surface area contributed by atoms with Crippen molar-refractivity contribution in [2.45, 2.75) is 58.9 Å². The summed E-state index contributed by atoms with van der Waals surface area (Å²) in [5.74, 6) is -0.149. The van der Waals surface area contributed by atoms with Crippen molar-refractivity contribution in [3.63, 3.8) is 0 Å². The molecule has 0 amide bonds. The van der Waals surface area contributed by atoms with Gasteiger partial charge >= 0.3 is 0 Å². The molecule has 118 valence electrons. The highest BCUT2D eigenvalue weighted by atomic mass is 19.1. The fourth-order valence-electron chi connectivity index (χ4n) is 2.66. The fraction of sp³-hybridized carbons (Fsp3) is 0.647. The SMILES string of the molecule is CC1CN(c2ccc(CNC(C)(C)C)cc2F)CC(C)O1. The zero-order valence-corrected chi connectivity index (χ0v) is 13.7. The molecule has 1 aliphatic heterocycles. The predicted molar refractivity (Wildman–Crippen MR) is 85.2 cm³/mol. The number of anilines is 1. The van der Waals surface area contributed by atoms with E-state index in [1.807, 2.05) is 26.0 Å². The standard InChI is InChI=1S/C17H27FN2O/c1-12-10-20(11-13(2)21-12)16-7-6-14(8-15(16)18)9-19-17(3,4)5/h6-8,12-13,19H,9-11H2,1-5H3. The molecule has 2 atom stereocenters. The molecule has 0 spiro atoms. The third kappa shape index (κ3) is 4.68. The predicted octanol–water partition coefficient (Wildman–Crippen LogP) is 3.33. The minimum absolute atomic E-state index is 0.0320. The van der Waals surface area contributed by atoms with Gasteiger partial charge in [-0.05, 0) is 52.3 Å². The van der Waals surface area contributed by atoms with Gasteiger partial charge in [0, 0.05) is 25.2 Å². The first-order valence-corrected chi connectivity index (χ1v) is 7.68. The maximum atomic E-state index is 14.4. The summed E-state index contributed by atoms with van der Waals surface area (Å²) in [4.78, 5) is 2.08. The summed E-state index contributed by atoms with van der Waals surface area (Å²) in [5, 5.41) is 3.38. The van der Waals surface area contributed by atoms with Gasteiger partial charge in [-0.2, -0.15) is 0 Å². The van der Waals surface area contributed by atoms with Gasteiger partial charge in [-0.1, -0.05) is 6.07 Å². The van der Waals surface area contributed by atoms with Crippen LogP contribution in [0.25, 0.3) is 0 Å². The lowest BCUT2D eigenvalue weighted by Crippen LogP contribution is -2.45. The molecule has 0 radical (unpaired) electrons. The average Bonchev–Trinajstić information content (AvgIpc) is 2.34. The molecule has 0 aromatic heterocycles. The normalized spacial score (nSPS) is 23.4. The molecule has 2 rings (SSSR count). The lowest BCUT2D eigenvalue weighted by atomic mass is 10.1. The number of benzene rings is 1. The number of rotatable bonds is 3. The van der Waals surface area contributed by atoms with Crippen molar-refractivity contribution in [1.82, 2.24) is 5.32 Å². The van der Waals surface area contributed by atoms with Crippen LogP contribution in [0.4, 0.5) is 10.1 Å². The van der Waals surface area contributed by atoms with Crippen LogP contribution in [0.1, 0.15) is 40.2 Å². The maximum Gasteiger partial charge on any atom is 0.146 e. The van der Waals surface area contributed by atoms with Crippen molar-refractivity contribution in [2.75, 3.05) is 18.0 Å². The van der Waals surface area contributed by atoms with Crippen molar-refractivity contribution < 1.29 is 9.13 Å². The van der Waals surface area contributed by atoms with E-state index in [1.54, 1.807) is 6.07 Å². The second-order valence-electron chi connectivity index (χ2n) is 7.05. The minimum Gasteiger partial charge on any atom is -0.372 e. The first-order chi connectivity index (χ1) is 9.74. The van der Waals surface area contributed by atoms with E-state index in [2.05, 4.69) is 31.0 Å². The Kier molecular flexibility index (Phi) is 4.89. The molecule has 0 aliphatic carbocycles. The van der Waals surface area contributed by atoms with Crippen molar-refractivity contribution in [3.05, 3.63) is 29.6 Å². The molecule has 1 fully saturated rings. The number of ether oxygens (including phenoxy) is 1. The highest BCUT2D eigenvalue weighted by molar-refractivity contribution is 5.49. The largest absolute Gasteiger partial charge is 0.372 e. The van der Waals surface area contributed by atoms with E-state index in [9.17, 15) is 4.39 Å². The molecule has 21 heavy (non-hydrogen) atoms. The number of nitrogens with one attached hydrogen (secondary N) is 1. The van der Waals surface area contributed by atoms with Crippen molar-refractivity contribution in [2.24, 2.45) is 0 Å². The zero-order chi connectivity index (χ0) is 15.6. The van der Waals surface area contributed by atoms with Crippen molar-refractivity contribution in [1.29, 1.82) is 0 Å². The quantitative estimate of drug-likeness (QED) is 0.925. The van der Waals surface area contributed by atoms with E-state index >= 15 is 0 Å². The van der Waals surface area contributed by atoms with Crippen LogP contribution in [-0.4, -0.2) is 30.8 Å². The Hall–Kier alpha value is -1.13. The molecule has 0 bridgehead atoms. The van der Waals surface area contributed by atoms with E-state index in [1.165, 1.54) is 0 Å². The van der Waals surface area contributed by atoms with Gasteiger partial charge in [0.1, 0.15) is 5.82 Å². The number of nitrogens with zero attached hydrogens (tertiary/aromatic N) is 1. The van der Waals surface area contributed by atoms with Gasteiger partial charge in [-0.15, -0.1) is 0 Å². The smallest absolute Gasteiger partial charge is 0.146 e. The topological polar surface area (TPSA) is 24.5 Å². The minimum atomic E-state index is -0.149. The van der Waals surface area contributed by atoms with E-state index in [0.717, 1.165) is 18.7 Å². The van der Waals surface area contributed by atoms with Crippen LogP contribution in [0.2, 0.25) is 0 Å². The lowest BCUT2D eigenvalue weighted by molar-refractivity contribution is -0.00539. The summed E-state index contributed by atoms with van der Waals surface area (Å²) in [6, 6.07) is 5.53. The second-order valence-corrected chi connectivity index (χ2v) is 7.05. The van der Waals surface area contributed by atoms with E-state index in [-0.39, 0.29) is 23.6 Å². The van der Waals surface area contributed by atoms with Crippen molar-refractivity contribution in [3.8, 4) is 0 Å². The summed E-state index contributed by atoms with van der Waals surface area (Å²) in [7, 11) is 0. The molecule has 0 saturated carbocycles. The Balaban J connectivity index is 2.08. The van der Waals surface area contributed by atoms with Crippen LogP contribution in [0.15, 0.2) is 18.2 Å². The molecule has 1 aromatic rings. The maximum absolute atomic E-state index is 14.4. The highest BCUT2D eigenvalue weighted by Crippen LogP contribution is 2.24. The third-order valence-electron chi connectivity index (χ3n) is 3.60. The summed E-state index contributed by atoms with van der Waals surface area (Å²) in [6.45, 7) is 12.5. The molecular weight excluding hydrogens is 267 g/mol. The molecule has 1 aliphatic rings. The van der Waals surface area contributed by atoms with Crippen LogP contribution >= 0.6 is 0 Å². The summed E-state index contributed by atoms with van der Waals surface area (Å²) in [5.41, 5.74) is 1.68. The molecule has 1 N–H and O–H groups in total. The molecule has 2 unspecified atom stereocenters. The Morgan fingerprint density at radius 3 is 2.38 bits per heavy atom. The fourth-order valence-corrected chi connectivity index (χ4v) is 2.66. The number of morpholine rings is 1. The molecule has 1 aromatic carbocycles. The van der Waals surface area contributed by atoms with Gasteiger partial charge in [-0.3, -0.25) is 0 Å². The van der Waals surface area contributed by atoms with Crippen molar-refractivity contribution >= 4 is 5.69 Å². The molecule has 1 heterocycles. The molecule has 1 saturated heterocycles. The number of hydrogen-bond acceptors (Lipinski definition) is 3. The monoisotopic (exact) mass is 294 g/mol. The highest BCUT2D eigenvalue weighted by Gasteiger charge is 2.24. The van der Waals surface area contributed by atoms with E-state index in [4.69, 9.17) is 4.74 Å². The van der Waals surface area contributed by atoms with Crippen LogP contribution in [0, 0.1) is 5.82 Å². The van der Waals surface area contributed by atoms with Gasteiger partial charge < -0.3 is 15.0 Å². The summed E-state index contributed by atoms with van der Waals surface area (Å²) < 4.78 is 20.1. The van der Waals surface area contributed by atoms with Gasteiger partial charge in [0.25, 0.3) is 0 Å². The second kappa shape index (κ2) is 6.32. The lowest BCUT2D eigenvalue weighted by Gasteiger charge is -2.37. The van der Waals surface area contributed by atoms with Gasteiger partial charge in [-0.25, -0.2) is 4.39 Å². The third-order valence-corrected chi connectivity index (χ3v) is 3.60. The first-order valence-electron chi connectivity index (χ1n) is 7.68. The molecule has 3 nitrogen and oxygen atoms in total. The van der Waals surface area contributed by atoms with E-state index in [0.29, 0.717) is 12.2 Å². The Morgan fingerprint density at radius 1 is 1.24 bits per heavy atom. The van der Waals surface area contributed by atoms with Crippen LogP contribution in [0.3, 0.4) is 0 Å². The van der Waals surface area contributed by atoms with Crippen LogP contribution in [-0.2, 0) is 11.3 Å². The Morgan fingerprint density at radius 2 is 1.86 bits per heavy atom. The summed E-state index contributed by atoms with van der Waals surface area (Å²) >= 11 is 0. The van der Waals surface area contributed by atoms with E-state index < -0.39 is 0 Å². The van der Waals surface area contributed by atoms with Crippen LogP contribution < -0.4 is 10.2 Å². The molecule has 4 heteroatoms.